The van der Waals surface area contributed by atoms with Crippen LogP contribution in [0.1, 0.15) is 105 Å². The van der Waals surface area contributed by atoms with Gasteiger partial charge < -0.3 is 44.1 Å². The number of aliphatic hydroxyl groups is 1. The van der Waals surface area contributed by atoms with Gasteiger partial charge in [0.05, 0.1) is 36.4 Å². The number of nitrogens with zero attached hydrogens (tertiary/aromatic N) is 4. The van der Waals surface area contributed by atoms with Crippen LogP contribution in [0.4, 0.5) is 9.59 Å². The molecular weight excluding hydrogens is 863 g/mol. The zero-order valence-electron chi connectivity index (χ0n) is 40.7. The molecule has 3 fully saturated rings. The lowest BCUT2D eigenvalue weighted by molar-refractivity contribution is -0.172. The number of carbonyl (C=O) groups excluding carboxylic acids is 4. The number of rotatable bonds is 8. The minimum absolute atomic E-state index is 0.00478. The van der Waals surface area contributed by atoms with E-state index in [0.717, 1.165) is 35.2 Å². The summed E-state index contributed by atoms with van der Waals surface area (Å²) in [5.41, 5.74) is 1.14. The number of aliphatic carboxylic acids is 1. The molecule has 0 bridgehead atoms. The number of aromatic nitrogens is 3. The number of amides is 1. The molecule has 0 aliphatic carbocycles. The number of alkyl carbamates (subject to hydrolysis) is 1. The van der Waals surface area contributed by atoms with Gasteiger partial charge in [0.25, 0.3) is 0 Å². The van der Waals surface area contributed by atoms with Crippen molar-refractivity contribution in [2.24, 2.45) is 17.8 Å². The lowest BCUT2D eigenvalue weighted by atomic mass is 9.78. The summed E-state index contributed by atoms with van der Waals surface area (Å²) in [4.78, 5) is 75.6. The minimum Gasteiger partial charge on any atom is -0.481 e. The average molecular weight is 934 g/mol. The molecule has 3 aliphatic rings. The van der Waals surface area contributed by atoms with Crippen LogP contribution in [0.2, 0.25) is 0 Å². The Bertz CT molecular complexity index is 2030. The van der Waals surface area contributed by atoms with E-state index in [-0.39, 0.29) is 37.9 Å². The predicted octanol–water partition coefficient (Wildman–Crippen LogP) is 7.70. The van der Waals surface area contributed by atoms with Gasteiger partial charge in [0.2, 0.25) is 0 Å². The van der Waals surface area contributed by atoms with Gasteiger partial charge in [0.1, 0.15) is 24.6 Å². The third-order valence-electron chi connectivity index (χ3n) is 11.7. The highest BCUT2D eigenvalue weighted by Crippen LogP contribution is 2.35. The number of cyclic esters (lactones) is 1. The molecule has 3 saturated heterocycles. The van der Waals surface area contributed by atoms with Crippen molar-refractivity contribution in [3.8, 4) is 11.3 Å². The molecule has 3 N–H and O–H groups in total. The summed E-state index contributed by atoms with van der Waals surface area (Å²) in [6, 6.07) is 11.0. The third kappa shape index (κ3) is 18.4. The van der Waals surface area contributed by atoms with Gasteiger partial charge in [0, 0.05) is 54.6 Å². The van der Waals surface area contributed by atoms with Gasteiger partial charge in [-0.25, -0.2) is 9.59 Å². The number of benzene rings is 1. The van der Waals surface area contributed by atoms with E-state index in [2.05, 4.69) is 25.2 Å². The molecule has 0 spiro atoms. The van der Waals surface area contributed by atoms with Crippen molar-refractivity contribution in [1.29, 1.82) is 0 Å². The summed E-state index contributed by atoms with van der Waals surface area (Å²) < 4.78 is 27.4. The molecule has 368 valence electrons. The minimum atomic E-state index is -1.19. The normalized spacial score (nSPS) is 27.6. The van der Waals surface area contributed by atoms with Gasteiger partial charge in [0.15, 0.2) is 11.9 Å². The van der Waals surface area contributed by atoms with E-state index in [1.807, 2.05) is 65.2 Å². The summed E-state index contributed by atoms with van der Waals surface area (Å²) in [7, 11) is 4.07. The summed E-state index contributed by atoms with van der Waals surface area (Å²) >= 11 is 0. The lowest BCUT2D eigenvalue weighted by Gasteiger charge is -2.35. The molecular formula is C50H71N5O12. The van der Waals surface area contributed by atoms with Crippen LogP contribution in [-0.2, 0) is 44.5 Å². The Morgan fingerprint density at radius 1 is 0.955 bits per heavy atom. The van der Waals surface area contributed by atoms with Crippen LogP contribution in [-0.4, -0.2) is 123 Å². The number of esters is 1. The Morgan fingerprint density at radius 2 is 1.66 bits per heavy atom. The lowest BCUT2D eigenvalue weighted by Crippen LogP contribution is -2.52. The Kier molecular flexibility index (Phi) is 22.5. The topological polar surface area (TPSA) is 226 Å². The molecule has 5 heterocycles. The summed E-state index contributed by atoms with van der Waals surface area (Å²) in [5, 5.41) is 20.3. The fraction of sp³-hybridized carbons (Fsp3) is 0.560. The standard InChI is InChI=1S/C33H41N3O8.C8H17NO2.C7H7NO2.C2H6/c1-21-8-6-14-32(4,18-22(2)27(37)23(3)28-33(5,20-42-29(21)38)43-30(39)36-28)44-31(40)41-17-7-9-24-10-12-25(13-11-24)26-19-34-15-16-35-26;1-6-4-7(9(2)3)5-8(10)11-6;9-7(10)4-6-2-1-3-8-5-6;1-2/h7,9-13,15-16,19,21-23,28H,6,8,14,17-18,20H2,1-5H3,(H,36,39);6-8,10H,4-5H2,1-3H3;1-3,5H,4H2,(H,9,10);1-2H3/b9-7+;;;/t21-,22-,23+,28-,32+,33-;6-,7+,8?;;/m11../s1. The second kappa shape index (κ2) is 27.1. The number of hydrogen-bond donors (Lipinski definition) is 3. The molecule has 3 aliphatic heterocycles. The molecule has 9 atom stereocenters. The fourth-order valence-electron chi connectivity index (χ4n) is 8.10. The quantitative estimate of drug-likeness (QED) is 0.145. The molecule has 0 radical (unpaired) electrons. The number of ether oxygens (including phenoxy) is 5. The van der Waals surface area contributed by atoms with E-state index < -0.39 is 65.5 Å². The number of aliphatic hydroxyl groups excluding tert-OH is 1. The number of hydrogen-bond acceptors (Lipinski definition) is 15. The zero-order valence-corrected chi connectivity index (χ0v) is 40.7. The number of nitrogens with one attached hydrogen (secondary N) is 1. The van der Waals surface area contributed by atoms with Crippen LogP contribution in [0, 0.1) is 17.8 Å². The first-order chi connectivity index (χ1) is 31.8. The van der Waals surface area contributed by atoms with Gasteiger partial charge >= 0.3 is 24.2 Å². The van der Waals surface area contributed by atoms with Crippen molar-refractivity contribution in [3.05, 3.63) is 84.6 Å². The number of ketones is 1. The number of carboxylic acids is 1. The van der Waals surface area contributed by atoms with E-state index in [1.165, 1.54) is 0 Å². The highest BCUT2D eigenvalue weighted by Gasteiger charge is 2.51. The van der Waals surface area contributed by atoms with Crippen LogP contribution in [0.15, 0.2) is 73.5 Å². The first-order valence-corrected chi connectivity index (χ1v) is 23.0. The van der Waals surface area contributed by atoms with Crippen molar-refractivity contribution in [1.82, 2.24) is 25.2 Å². The Labute approximate surface area is 395 Å². The fourth-order valence-corrected chi connectivity index (χ4v) is 8.10. The molecule has 1 aromatic carbocycles. The van der Waals surface area contributed by atoms with Crippen LogP contribution in [0.25, 0.3) is 17.3 Å². The Hall–Kier alpha value is -5.78. The smallest absolute Gasteiger partial charge is 0.481 e. The maximum atomic E-state index is 13.5. The molecule has 3 aromatic rings. The number of fused-ring (bicyclic) bond motifs is 1. The molecule has 17 heteroatoms. The molecule has 1 unspecified atom stereocenters. The van der Waals surface area contributed by atoms with Gasteiger partial charge in [-0.15, -0.1) is 0 Å². The second-order valence-corrected chi connectivity index (χ2v) is 17.7. The number of carboxylic acid groups (broad SMARTS) is 1. The van der Waals surface area contributed by atoms with Crippen LogP contribution >= 0.6 is 0 Å². The van der Waals surface area contributed by atoms with Crippen molar-refractivity contribution in [2.75, 3.05) is 27.3 Å². The second-order valence-electron chi connectivity index (χ2n) is 17.7. The van der Waals surface area contributed by atoms with Crippen molar-refractivity contribution in [3.63, 3.8) is 0 Å². The van der Waals surface area contributed by atoms with E-state index in [9.17, 15) is 29.1 Å². The highest BCUT2D eigenvalue weighted by atomic mass is 16.7. The first-order valence-electron chi connectivity index (χ1n) is 23.0. The SMILES string of the molecule is CC.C[C@@H]1CCC[C@](C)(OC(=O)OC/C=C/c2ccc(-c3cnccn3)cc2)C[C@@H](C)C(=O)[C@H](C)[C@H]2NC(=O)O[C@]2(C)COC1=O.C[C@@H]1C[C@H](N(C)C)CC(O)O1.O=C(O)Cc1cccnc1. The number of pyridine rings is 1. The first kappa shape index (κ1) is 55.5. The molecule has 0 saturated carbocycles. The highest BCUT2D eigenvalue weighted by molar-refractivity contribution is 5.85. The van der Waals surface area contributed by atoms with Crippen molar-refractivity contribution >= 4 is 36.0 Å². The average Bonchev–Trinajstić information content (AvgIpc) is 3.60. The number of Topliss-reactive ketones (excluding diaryl/α,β-unsaturated/α-hetero) is 1. The van der Waals surface area contributed by atoms with Gasteiger partial charge in [-0.2, -0.15) is 0 Å². The van der Waals surface area contributed by atoms with Crippen LogP contribution < -0.4 is 5.32 Å². The van der Waals surface area contributed by atoms with Crippen LogP contribution in [0.3, 0.4) is 0 Å². The van der Waals surface area contributed by atoms with Gasteiger partial charge in [-0.3, -0.25) is 29.3 Å². The molecule has 6 rings (SSSR count). The van der Waals surface area contributed by atoms with Crippen molar-refractivity contribution < 1.29 is 57.9 Å². The maximum Gasteiger partial charge on any atom is 0.509 e. The number of carbonyl (C=O) groups is 5. The third-order valence-corrected chi connectivity index (χ3v) is 11.7. The molecule has 2 aromatic heterocycles. The van der Waals surface area contributed by atoms with E-state index in [1.54, 1.807) is 83.8 Å². The summed E-state index contributed by atoms with van der Waals surface area (Å²) in [6.07, 6.45) is 13.3. The van der Waals surface area contributed by atoms with E-state index in [4.69, 9.17) is 28.8 Å². The maximum absolute atomic E-state index is 13.5. The Morgan fingerprint density at radius 3 is 2.27 bits per heavy atom. The van der Waals surface area contributed by atoms with Gasteiger partial charge in [-0.05, 0) is 90.2 Å². The molecule has 1 amide bonds. The monoisotopic (exact) mass is 934 g/mol. The molecule has 17 nitrogen and oxygen atoms in total. The summed E-state index contributed by atoms with van der Waals surface area (Å²) in [5.74, 6) is -2.94. The Balaban J connectivity index is 0.000000419. The molecule has 67 heavy (non-hydrogen) atoms. The van der Waals surface area contributed by atoms with Gasteiger partial charge in [-0.1, -0.05) is 71.0 Å². The van der Waals surface area contributed by atoms with E-state index >= 15 is 0 Å². The van der Waals surface area contributed by atoms with Crippen molar-refractivity contribution in [2.45, 2.75) is 136 Å². The van der Waals surface area contributed by atoms with E-state index in [0.29, 0.717) is 25.3 Å². The summed E-state index contributed by atoms with van der Waals surface area (Å²) in [6.45, 7) is 14.5. The zero-order chi connectivity index (χ0) is 49.7. The predicted molar refractivity (Wildman–Crippen MR) is 251 cm³/mol. The largest absolute Gasteiger partial charge is 0.509 e. The van der Waals surface area contributed by atoms with Crippen LogP contribution in [0.5, 0.6) is 0 Å².